The van der Waals surface area contributed by atoms with Gasteiger partial charge in [-0.15, -0.1) is 11.3 Å². The first-order valence-corrected chi connectivity index (χ1v) is 12.1. The van der Waals surface area contributed by atoms with Crippen molar-refractivity contribution in [3.63, 3.8) is 0 Å². The summed E-state index contributed by atoms with van der Waals surface area (Å²) in [7, 11) is 0. The molecule has 5 rings (SSSR count). The first-order chi connectivity index (χ1) is 15.1. The second kappa shape index (κ2) is 7.38. The molecule has 2 aromatic heterocycles. The van der Waals surface area contributed by atoms with E-state index in [1.807, 2.05) is 17.5 Å². The number of fused-ring (bicyclic) bond motifs is 4. The van der Waals surface area contributed by atoms with Crippen molar-refractivity contribution in [2.75, 3.05) is 0 Å². The normalized spacial score (nSPS) is 12.8. The van der Waals surface area contributed by atoms with E-state index in [1.54, 1.807) is 0 Å². The molecule has 0 radical (unpaired) electrons. The summed E-state index contributed by atoms with van der Waals surface area (Å²) >= 11 is 1.82. The van der Waals surface area contributed by atoms with Crippen molar-refractivity contribution in [2.45, 2.75) is 53.4 Å². The Morgan fingerprint density at radius 1 is 0.812 bits per heavy atom. The zero-order chi connectivity index (χ0) is 22.7. The first kappa shape index (κ1) is 21.1. The van der Waals surface area contributed by atoms with Gasteiger partial charge in [0.15, 0.2) is 0 Å². The van der Waals surface area contributed by atoms with Gasteiger partial charge < -0.3 is 0 Å². The molecule has 0 aliphatic rings. The Kier molecular flexibility index (Phi) is 4.86. The molecule has 2 nitrogen and oxygen atoms in total. The molecule has 0 bridgehead atoms. The number of benzene rings is 3. The van der Waals surface area contributed by atoms with Gasteiger partial charge in [-0.1, -0.05) is 71.9 Å². The van der Waals surface area contributed by atoms with Gasteiger partial charge in [0, 0.05) is 29.0 Å². The lowest BCUT2D eigenvalue weighted by Crippen LogP contribution is -2.12. The van der Waals surface area contributed by atoms with Gasteiger partial charge in [0.05, 0.1) is 20.9 Å². The molecule has 0 aliphatic carbocycles. The van der Waals surface area contributed by atoms with Gasteiger partial charge in [0.1, 0.15) is 0 Å². The summed E-state index contributed by atoms with van der Waals surface area (Å²) in [5, 5.41) is 6.14. The summed E-state index contributed by atoms with van der Waals surface area (Å²) in [6.07, 6.45) is 2.93. The average Bonchev–Trinajstić information content (AvgIpc) is 3.13. The second-order valence-corrected chi connectivity index (χ2v) is 12.1. The molecule has 0 unspecified atom stereocenters. The number of rotatable bonds is 2. The van der Waals surface area contributed by atoms with Crippen molar-refractivity contribution in [1.82, 2.24) is 9.97 Å². The zero-order valence-corrected chi connectivity index (χ0v) is 20.6. The number of pyridine rings is 1. The Labute approximate surface area is 194 Å². The Morgan fingerprint density at radius 3 is 2.34 bits per heavy atom. The van der Waals surface area contributed by atoms with Crippen LogP contribution in [0.15, 0.2) is 60.8 Å². The van der Waals surface area contributed by atoms with Gasteiger partial charge in [-0.05, 0) is 51.4 Å². The number of aromatic nitrogens is 2. The Bertz CT molecular complexity index is 1460. The van der Waals surface area contributed by atoms with E-state index in [9.17, 15) is 0 Å². The molecule has 3 heteroatoms. The molecule has 0 aliphatic heterocycles. The maximum absolute atomic E-state index is 5.06. The molecule has 0 spiro atoms. The van der Waals surface area contributed by atoms with Gasteiger partial charge in [0.25, 0.3) is 0 Å². The molecule has 0 amide bonds. The maximum atomic E-state index is 5.06. The van der Waals surface area contributed by atoms with Crippen LogP contribution >= 0.6 is 11.3 Å². The van der Waals surface area contributed by atoms with Crippen molar-refractivity contribution in [3.05, 3.63) is 71.4 Å². The fourth-order valence-corrected chi connectivity index (χ4v) is 5.80. The van der Waals surface area contributed by atoms with Crippen LogP contribution in [0.2, 0.25) is 0 Å². The van der Waals surface area contributed by atoms with Gasteiger partial charge in [-0.25, -0.2) is 4.98 Å². The third-order valence-corrected chi connectivity index (χ3v) is 6.99. The Morgan fingerprint density at radius 2 is 1.59 bits per heavy atom. The Balaban J connectivity index is 1.75. The van der Waals surface area contributed by atoms with E-state index < -0.39 is 0 Å². The highest BCUT2D eigenvalue weighted by atomic mass is 32.1. The van der Waals surface area contributed by atoms with E-state index in [2.05, 4.69) is 96.1 Å². The lowest BCUT2D eigenvalue weighted by molar-refractivity contribution is 0.411. The van der Waals surface area contributed by atoms with Gasteiger partial charge >= 0.3 is 0 Å². The zero-order valence-electron chi connectivity index (χ0n) is 19.8. The summed E-state index contributed by atoms with van der Waals surface area (Å²) in [6, 6.07) is 19.9. The van der Waals surface area contributed by atoms with Crippen molar-refractivity contribution in [1.29, 1.82) is 0 Å². The molecular formula is C29H30N2S. The molecule has 32 heavy (non-hydrogen) atoms. The van der Waals surface area contributed by atoms with Crippen molar-refractivity contribution < 1.29 is 0 Å². The van der Waals surface area contributed by atoms with Crippen LogP contribution in [0.3, 0.4) is 0 Å². The maximum Gasteiger partial charge on any atom is 0.0944 e. The second-order valence-electron chi connectivity index (χ2n) is 11.0. The van der Waals surface area contributed by atoms with Crippen molar-refractivity contribution >= 4 is 43.1 Å². The van der Waals surface area contributed by atoms with Crippen molar-refractivity contribution in [3.8, 4) is 11.3 Å². The van der Waals surface area contributed by atoms with E-state index in [1.165, 1.54) is 42.4 Å². The highest BCUT2D eigenvalue weighted by Gasteiger charge is 2.20. The van der Waals surface area contributed by atoms with E-state index in [0.29, 0.717) is 0 Å². The summed E-state index contributed by atoms with van der Waals surface area (Å²) in [6.45, 7) is 13.7. The minimum absolute atomic E-state index is 0.0459. The van der Waals surface area contributed by atoms with Crippen LogP contribution in [0.1, 0.15) is 52.1 Å². The van der Waals surface area contributed by atoms with Crippen LogP contribution < -0.4 is 0 Å². The van der Waals surface area contributed by atoms with Gasteiger partial charge in [-0.3, -0.25) is 4.98 Å². The average molecular weight is 439 g/mol. The molecule has 0 atom stereocenters. The van der Waals surface area contributed by atoms with Crippen LogP contribution in [0.4, 0.5) is 0 Å². The number of thiazole rings is 1. The van der Waals surface area contributed by atoms with Gasteiger partial charge in [-0.2, -0.15) is 0 Å². The minimum atomic E-state index is 0.0459. The standard InChI is InChI=1S/C29H30N2S/c1-28(2,3)17-25-31-27-22-13-14-30-26(21(22)11-12-24(27)32-25)19-15-18-9-7-8-10-20(18)23(16-19)29(4,5)6/h7-16H,17H2,1-6H3. The molecule has 5 aromatic rings. The monoisotopic (exact) mass is 438 g/mol. The molecular weight excluding hydrogens is 408 g/mol. The van der Waals surface area contributed by atoms with E-state index in [-0.39, 0.29) is 10.8 Å². The fourth-order valence-electron chi connectivity index (χ4n) is 4.52. The quantitative estimate of drug-likeness (QED) is 0.276. The summed E-state index contributed by atoms with van der Waals surface area (Å²) in [5.41, 5.74) is 4.93. The summed E-state index contributed by atoms with van der Waals surface area (Å²) < 4.78 is 1.25. The van der Waals surface area contributed by atoms with Crippen LogP contribution in [0.5, 0.6) is 0 Å². The van der Waals surface area contributed by atoms with Gasteiger partial charge in [0.2, 0.25) is 0 Å². The molecule has 0 saturated heterocycles. The third kappa shape index (κ3) is 3.80. The predicted octanol–water partition coefficient (Wildman–Crippen LogP) is 8.55. The molecule has 2 heterocycles. The van der Waals surface area contributed by atoms with E-state index in [0.717, 1.165) is 17.6 Å². The number of hydrogen-bond donors (Lipinski definition) is 0. The SMILES string of the molecule is CC(C)(C)Cc1nc2c(ccc3c(-c4cc(C(C)(C)C)c5ccccc5c4)nccc32)s1. The fraction of sp³-hybridized carbons (Fsp3) is 0.310. The smallest absolute Gasteiger partial charge is 0.0944 e. The van der Waals surface area contributed by atoms with Crippen LogP contribution in [0.25, 0.3) is 43.0 Å². The molecule has 0 saturated carbocycles. The van der Waals surface area contributed by atoms with Crippen LogP contribution in [-0.4, -0.2) is 9.97 Å². The topological polar surface area (TPSA) is 25.8 Å². The predicted molar refractivity (Wildman–Crippen MR) is 140 cm³/mol. The van der Waals surface area contributed by atoms with E-state index >= 15 is 0 Å². The highest BCUT2D eigenvalue weighted by Crippen LogP contribution is 2.38. The summed E-state index contributed by atoms with van der Waals surface area (Å²) in [4.78, 5) is 9.91. The molecule has 3 aromatic carbocycles. The highest BCUT2D eigenvalue weighted by molar-refractivity contribution is 7.18. The first-order valence-electron chi connectivity index (χ1n) is 11.3. The number of nitrogens with zero attached hydrogens (tertiary/aromatic N) is 2. The summed E-state index contributed by atoms with van der Waals surface area (Å²) in [5.74, 6) is 0. The minimum Gasteiger partial charge on any atom is -0.256 e. The lowest BCUT2D eigenvalue weighted by Gasteiger charge is -2.23. The van der Waals surface area contributed by atoms with E-state index in [4.69, 9.17) is 9.97 Å². The Hall–Kier alpha value is -2.78. The third-order valence-electron chi connectivity index (χ3n) is 5.97. The van der Waals surface area contributed by atoms with Crippen LogP contribution in [-0.2, 0) is 11.8 Å². The molecule has 162 valence electrons. The molecule has 0 fully saturated rings. The largest absolute Gasteiger partial charge is 0.256 e. The number of hydrogen-bond acceptors (Lipinski definition) is 3. The van der Waals surface area contributed by atoms with Crippen LogP contribution in [0, 0.1) is 5.41 Å². The lowest BCUT2D eigenvalue weighted by atomic mass is 9.82. The van der Waals surface area contributed by atoms with Crippen molar-refractivity contribution in [2.24, 2.45) is 5.41 Å². The molecule has 0 N–H and O–H groups in total.